The summed E-state index contributed by atoms with van der Waals surface area (Å²) in [6.45, 7) is 11.2. The van der Waals surface area contributed by atoms with E-state index in [0.29, 0.717) is 0 Å². The minimum Gasteiger partial charge on any atom is -0.554 e. The molecule has 0 amide bonds. The van der Waals surface area contributed by atoms with Gasteiger partial charge in [0.2, 0.25) is 0 Å². The van der Waals surface area contributed by atoms with Gasteiger partial charge in [-0.3, -0.25) is 0 Å². The number of hydrogen-bond donors (Lipinski definition) is 0. The smallest absolute Gasteiger partial charge is 0.104 e. The second-order valence-electron chi connectivity index (χ2n) is 4.03. The van der Waals surface area contributed by atoms with Crippen molar-refractivity contribution in [2.45, 2.75) is 27.3 Å². The molecule has 0 aliphatic heterocycles. The summed E-state index contributed by atoms with van der Waals surface area (Å²) in [5, 5.41) is 8.25. The van der Waals surface area contributed by atoms with E-state index in [1.54, 1.807) is 0 Å². The van der Waals surface area contributed by atoms with Crippen LogP contribution in [0.25, 0.3) is 0 Å². The average molecular weight is 237 g/mol. The van der Waals surface area contributed by atoms with Crippen molar-refractivity contribution >= 4 is 6.47 Å². The van der Waals surface area contributed by atoms with Crippen molar-refractivity contribution in [1.29, 1.82) is 0 Å². The number of carboxylic acid groups (broad SMARTS) is 1. The molecule has 17 heavy (non-hydrogen) atoms. The molecule has 1 aromatic rings. The number of quaternary nitrogens is 1. The van der Waals surface area contributed by atoms with Gasteiger partial charge in [0.25, 0.3) is 0 Å². The molecule has 0 fully saturated rings. The van der Waals surface area contributed by atoms with Gasteiger partial charge in [-0.2, -0.15) is 0 Å². The highest BCUT2D eigenvalue weighted by Crippen LogP contribution is 2.13. The molecule has 3 nitrogen and oxygen atoms in total. The van der Waals surface area contributed by atoms with E-state index >= 15 is 0 Å². The molecule has 0 aliphatic carbocycles. The van der Waals surface area contributed by atoms with Crippen molar-refractivity contribution in [3.05, 3.63) is 35.9 Å². The summed E-state index contributed by atoms with van der Waals surface area (Å²) in [6, 6.07) is 10.8. The number of nitrogens with zero attached hydrogens (tertiary/aromatic N) is 1. The molecular weight excluding hydrogens is 214 g/mol. The molecular formula is C14H23NO2. The second-order valence-corrected chi connectivity index (χ2v) is 4.03. The molecule has 0 unspecified atom stereocenters. The van der Waals surface area contributed by atoms with Gasteiger partial charge in [0.05, 0.1) is 19.6 Å². The lowest BCUT2D eigenvalue weighted by atomic mass is 10.2. The SMILES string of the molecule is CC[N+](CC)(CC)Cc1ccccc1.O=C[O-]. The van der Waals surface area contributed by atoms with Crippen molar-refractivity contribution in [3.63, 3.8) is 0 Å². The summed E-state index contributed by atoms with van der Waals surface area (Å²) in [6.07, 6.45) is 0. The molecule has 0 saturated carbocycles. The molecule has 1 aromatic carbocycles. The minimum absolute atomic E-state index is 0.500. The van der Waals surface area contributed by atoms with Crippen LogP contribution < -0.4 is 5.11 Å². The highest BCUT2D eigenvalue weighted by Gasteiger charge is 2.20. The van der Waals surface area contributed by atoms with Gasteiger partial charge in [-0.05, 0) is 20.8 Å². The van der Waals surface area contributed by atoms with Crippen LogP contribution >= 0.6 is 0 Å². The molecule has 0 radical (unpaired) electrons. The van der Waals surface area contributed by atoms with Crippen LogP contribution in [-0.4, -0.2) is 30.6 Å². The normalized spacial score (nSPS) is 10.3. The highest BCUT2D eigenvalue weighted by atomic mass is 16.3. The summed E-state index contributed by atoms with van der Waals surface area (Å²) in [4.78, 5) is 8.25. The Morgan fingerprint density at radius 1 is 1.06 bits per heavy atom. The largest absolute Gasteiger partial charge is 0.554 e. The molecule has 0 saturated heterocycles. The van der Waals surface area contributed by atoms with Gasteiger partial charge in [-0.1, -0.05) is 30.3 Å². The van der Waals surface area contributed by atoms with Crippen LogP contribution in [-0.2, 0) is 11.3 Å². The molecule has 96 valence electrons. The Kier molecular flexibility index (Phi) is 8.07. The fourth-order valence-electron chi connectivity index (χ4n) is 1.98. The Morgan fingerprint density at radius 3 is 1.82 bits per heavy atom. The molecule has 0 atom stereocenters. The van der Waals surface area contributed by atoms with E-state index in [4.69, 9.17) is 9.90 Å². The number of carbonyl (C=O) groups is 1. The Hall–Kier alpha value is -1.35. The van der Waals surface area contributed by atoms with Crippen LogP contribution in [0.2, 0.25) is 0 Å². The Morgan fingerprint density at radius 2 is 1.47 bits per heavy atom. The number of carbonyl (C=O) groups excluding carboxylic acids is 1. The zero-order valence-corrected chi connectivity index (χ0v) is 11.1. The zero-order valence-electron chi connectivity index (χ0n) is 11.1. The van der Waals surface area contributed by atoms with Crippen LogP contribution in [0.4, 0.5) is 0 Å². The van der Waals surface area contributed by atoms with Crippen LogP contribution in [0, 0.1) is 0 Å². The average Bonchev–Trinajstić information content (AvgIpc) is 2.38. The van der Waals surface area contributed by atoms with Gasteiger partial charge in [0, 0.05) is 12.0 Å². The van der Waals surface area contributed by atoms with Crippen molar-refractivity contribution in [3.8, 4) is 0 Å². The first-order valence-corrected chi connectivity index (χ1v) is 6.12. The third-order valence-electron chi connectivity index (χ3n) is 3.37. The maximum atomic E-state index is 8.25. The van der Waals surface area contributed by atoms with E-state index in [1.165, 1.54) is 36.2 Å². The number of benzene rings is 1. The predicted octanol–water partition coefficient (Wildman–Crippen LogP) is 1.43. The van der Waals surface area contributed by atoms with Gasteiger partial charge in [0.15, 0.2) is 0 Å². The summed E-state index contributed by atoms with van der Waals surface area (Å²) in [5.74, 6) is 0. The lowest BCUT2D eigenvalue weighted by molar-refractivity contribution is -0.936. The summed E-state index contributed by atoms with van der Waals surface area (Å²) in [7, 11) is 0. The van der Waals surface area contributed by atoms with E-state index in [9.17, 15) is 0 Å². The van der Waals surface area contributed by atoms with Gasteiger partial charge >= 0.3 is 0 Å². The Bertz CT molecular complexity index is 286. The van der Waals surface area contributed by atoms with Crippen molar-refractivity contribution < 1.29 is 14.4 Å². The van der Waals surface area contributed by atoms with Gasteiger partial charge < -0.3 is 14.4 Å². The van der Waals surface area contributed by atoms with E-state index in [0.717, 1.165) is 0 Å². The van der Waals surface area contributed by atoms with Crippen molar-refractivity contribution in [2.24, 2.45) is 0 Å². The first-order chi connectivity index (χ1) is 8.17. The number of hydrogen-bond acceptors (Lipinski definition) is 2. The van der Waals surface area contributed by atoms with E-state index in [-0.39, 0.29) is 0 Å². The molecule has 1 rings (SSSR count). The highest BCUT2D eigenvalue weighted by molar-refractivity contribution is 5.29. The van der Waals surface area contributed by atoms with E-state index < -0.39 is 6.47 Å². The van der Waals surface area contributed by atoms with E-state index in [2.05, 4.69) is 51.1 Å². The lowest BCUT2D eigenvalue weighted by Gasteiger charge is -2.35. The molecule has 0 aliphatic rings. The van der Waals surface area contributed by atoms with Crippen molar-refractivity contribution in [1.82, 2.24) is 0 Å². The van der Waals surface area contributed by atoms with Gasteiger partial charge in [0.1, 0.15) is 6.54 Å². The standard InChI is InChI=1S/C13H22N.CH2O2/c1-4-14(5-2,6-3)12-13-10-8-7-9-11-13;2-1-3/h7-11H,4-6,12H2,1-3H3;1H,(H,2,3)/q+1;/p-1. The van der Waals surface area contributed by atoms with Crippen molar-refractivity contribution in [2.75, 3.05) is 19.6 Å². The third-order valence-corrected chi connectivity index (χ3v) is 3.37. The fourth-order valence-corrected chi connectivity index (χ4v) is 1.98. The van der Waals surface area contributed by atoms with Crippen LogP contribution in [0.5, 0.6) is 0 Å². The predicted molar refractivity (Wildman–Crippen MR) is 68.1 cm³/mol. The molecule has 3 heteroatoms. The first kappa shape index (κ1) is 15.7. The van der Waals surface area contributed by atoms with Gasteiger partial charge in [-0.25, -0.2) is 0 Å². The summed E-state index contributed by atoms with van der Waals surface area (Å²) >= 11 is 0. The molecule has 0 bridgehead atoms. The molecule has 0 aromatic heterocycles. The zero-order chi connectivity index (χ0) is 13.1. The molecule has 0 N–H and O–H groups in total. The quantitative estimate of drug-likeness (QED) is 0.574. The molecule has 0 heterocycles. The molecule has 0 spiro atoms. The second kappa shape index (κ2) is 8.76. The topological polar surface area (TPSA) is 40.1 Å². The lowest BCUT2D eigenvalue weighted by Crippen LogP contribution is -2.46. The Balaban J connectivity index is 0.000000770. The maximum Gasteiger partial charge on any atom is 0.104 e. The summed E-state index contributed by atoms with van der Waals surface area (Å²) in [5.41, 5.74) is 1.46. The van der Waals surface area contributed by atoms with E-state index in [1.807, 2.05) is 0 Å². The van der Waals surface area contributed by atoms with Crippen LogP contribution in [0.15, 0.2) is 30.3 Å². The first-order valence-electron chi connectivity index (χ1n) is 6.12. The minimum atomic E-state index is -0.500. The number of rotatable bonds is 5. The Labute approximate surface area is 104 Å². The van der Waals surface area contributed by atoms with Gasteiger partial charge in [-0.15, -0.1) is 0 Å². The monoisotopic (exact) mass is 237 g/mol. The third kappa shape index (κ3) is 5.50. The summed E-state index contributed by atoms with van der Waals surface area (Å²) < 4.78 is 1.20. The fraction of sp³-hybridized carbons (Fsp3) is 0.500. The maximum absolute atomic E-state index is 8.25. The van der Waals surface area contributed by atoms with Crippen LogP contribution in [0.3, 0.4) is 0 Å². The van der Waals surface area contributed by atoms with Crippen LogP contribution in [0.1, 0.15) is 26.3 Å².